The van der Waals surface area contributed by atoms with E-state index < -0.39 is 0 Å². The van der Waals surface area contributed by atoms with Gasteiger partial charge in [-0.15, -0.1) is 5.10 Å². The molecule has 0 unspecified atom stereocenters. The monoisotopic (exact) mass is 345 g/mol. The van der Waals surface area contributed by atoms with Gasteiger partial charge < -0.3 is 10.2 Å². The average molecular weight is 346 g/mol. The molecule has 0 aliphatic heterocycles. The zero-order valence-electron chi connectivity index (χ0n) is 12.2. The van der Waals surface area contributed by atoms with Crippen molar-refractivity contribution in [3.8, 4) is 0 Å². The zero-order chi connectivity index (χ0) is 16.2. The molecule has 0 radical (unpaired) electrons. The van der Waals surface area contributed by atoms with E-state index in [0.717, 1.165) is 11.4 Å². The average Bonchev–Trinajstić information content (AvgIpc) is 2.58. The molecule has 0 aliphatic carbocycles. The van der Waals surface area contributed by atoms with Gasteiger partial charge in [-0.2, -0.15) is 10.1 Å². The van der Waals surface area contributed by atoms with Crippen LogP contribution in [-0.2, 0) is 0 Å². The van der Waals surface area contributed by atoms with E-state index in [1.165, 1.54) is 0 Å². The van der Waals surface area contributed by atoms with E-state index >= 15 is 0 Å². The van der Waals surface area contributed by atoms with Crippen LogP contribution < -0.4 is 10.2 Å². The molecular weight excluding hydrogens is 333 g/mol. The van der Waals surface area contributed by atoms with Crippen LogP contribution in [-0.4, -0.2) is 22.2 Å². The fourth-order valence-corrected chi connectivity index (χ4v) is 2.28. The summed E-state index contributed by atoms with van der Waals surface area (Å²) in [6, 6.07) is 15.1. The molecule has 116 valence electrons. The maximum absolute atomic E-state index is 6.01. The molecule has 3 aromatic rings. The molecule has 0 fully saturated rings. The third-order valence-electron chi connectivity index (χ3n) is 3.18. The first kappa shape index (κ1) is 15.5. The van der Waals surface area contributed by atoms with Crippen molar-refractivity contribution in [2.45, 2.75) is 0 Å². The quantitative estimate of drug-likeness (QED) is 0.743. The number of benzene rings is 2. The van der Waals surface area contributed by atoms with Gasteiger partial charge in [-0.3, -0.25) is 0 Å². The third-order valence-corrected chi connectivity index (χ3v) is 3.92. The Morgan fingerprint density at radius 1 is 1.00 bits per heavy atom. The van der Waals surface area contributed by atoms with Gasteiger partial charge in [0.1, 0.15) is 0 Å². The molecule has 0 aliphatic rings. The molecule has 2 aromatic carbocycles. The van der Waals surface area contributed by atoms with Gasteiger partial charge in [-0.25, -0.2) is 0 Å². The van der Waals surface area contributed by atoms with Crippen LogP contribution >= 0.6 is 23.2 Å². The Morgan fingerprint density at radius 3 is 2.52 bits per heavy atom. The van der Waals surface area contributed by atoms with Gasteiger partial charge in [-0.1, -0.05) is 41.4 Å². The molecule has 5 nitrogen and oxygen atoms in total. The second kappa shape index (κ2) is 6.81. The molecule has 0 saturated heterocycles. The first-order valence-corrected chi connectivity index (χ1v) is 7.59. The molecule has 0 atom stereocenters. The molecule has 7 heteroatoms. The number of halogens is 2. The van der Waals surface area contributed by atoms with E-state index in [0.29, 0.717) is 21.8 Å². The minimum atomic E-state index is 0.473. The van der Waals surface area contributed by atoms with Gasteiger partial charge in [0.05, 0.1) is 16.2 Å². The van der Waals surface area contributed by atoms with Crippen LogP contribution in [0, 0.1) is 0 Å². The summed E-state index contributed by atoms with van der Waals surface area (Å²) in [6.45, 7) is 0. The highest BCUT2D eigenvalue weighted by Crippen LogP contribution is 2.27. The number of para-hydroxylation sites is 1. The topological polar surface area (TPSA) is 53.9 Å². The lowest BCUT2D eigenvalue weighted by Crippen LogP contribution is -2.14. The second-order valence-corrected chi connectivity index (χ2v) is 5.60. The number of aromatic nitrogens is 3. The van der Waals surface area contributed by atoms with Crippen LogP contribution in [0.2, 0.25) is 10.0 Å². The molecule has 1 heterocycles. The summed E-state index contributed by atoms with van der Waals surface area (Å²) < 4.78 is 0. The van der Waals surface area contributed by atoms with Crippen LogP contribution in [0.1, 0.15) is 0 Å². The minimum Gasteiger partial charge on any atom is -0.339 e. The van der Waals surface area contributed by atoms with E-state index in [9.17, 15) is 0 Å². The van der Waals surface area contributed by atoms with E-state index in [2.05, 4.69) is 20.5 Å². The maximum atomic E-state index is 6.01. The molecule has 0 saturated carbocycles. The van der Waals surface area contributed by atoms with Crippen LogP contribution in [0.5, 0.6) is 0 Å². The van der Waals surface area contributed by atoms with Gasteiger partial charge in [0.2, 0.25) is 0 Å². The van der Waals surface area contributed by atoms with Crippen LogP contribution in [0.4, 0.5) is 23.1 Å². The van der Waals surface area contributed by atoms with E-state index in [1.807, 2.05) is 48.3 Å². The van der Waals surface area contributed by atoms with Crippen LogP contribution in [0.25, 0.3) is 0 Å². The Hall–Kier alpha value is -2.37. The number of nitrogens with zero attached hydrogens (tertiary/aromatic N) is 4. The number of hydrogen-bond donors (Lipinski definition) is 1. The van der Waals surface area contributed by atoms with Gasteiger partial charge in [0.25, 0.3) is 5.95 Å². The zero-order valence-corrected chi connectivity index (χ0v) is 13.8. The van der Waals surface area contributed by atoms with Gasteiger partial charge in [0.15, 0.2) is 5.82 Å². The van der Waals surface area contributed by atoms with Crippen molar-refractivity contribution in [3.63, 3.8) is 0 Å². The third kappa shape index (κ3) is 3.70. The summed E-state index contributed by atoms with van der Waals surface area (Å²) in [5, 5.41) is 12.2. The van der Waals surface area contributed by atoms with Crippen molar-refractivity contribution in [2.24, 2.45) is 0 Å². The molecule has 1 N–H and O–H groups in total. The Balaban J connectivity index is 1.83. The number of anilines is 4. The molecular formula is C16H13Cl2N5. The van der Waals surface area contributed by atoms with E-state index in [1.54, 1.807) is 18.3 Å². The molecule has 23 heavy (non-hydrogen) atoms. The summed E-state index contributed by atoms with van der Waals surface area (Å²) in [6.07, 6.45) is 1.55. The smallest absolute Gasteiger partial charge is 0.251 e. The summed E-state index contributed by atoms with van der Waals surface area (Å²) in [7, 11) is 1.88. The lowest BCUT2D eigenvalue weighted by molar-refractivity contribution is 0.932. The summed E-state index contributed by atoms with van der Waals surface area (Å²) in [5.74, 6) is 1.05. The Morgan fingerprint density at radius 2 is 1.78 bits per heavy atom. The second-order valence-electron chi connectivity index (χ2n) is 4.79. The summed E-state index contributed by atoms with van der Waals surface area (Å²) in [5.41, 5.74) is 1.74. The molecule has 3 rings (SSSR count). The lowest BCUT2D eigenvalue weighted by atomic mass is 10.3. The highest BCUT2D eigenvalue weighted by Gasteiger charge is 2.09. The SMILES string of the molecule is CN(c1ccccc1)c1nncc(Nc2ccc(Cl)c(Cl)c2)n1. The Labute approximate surface area is 143 Å². The molecule has 0 spiro atoms. The normalized spacial score (nSPS) is 10.4. The van der Waals surface area contributed by atoms with E-state index in [-0.39, 0.29) is 0 Å². The van der Waals surface area contributed by atoms with E-state index in [4.69, 9.17) is 23.2 Å². The van der Waals surface area contributed by atoms with Crippen LogP contribution in [0.3, 0.4) is 0 Å². The van der Waals surface area contributed by atoms with Crippen molar-refractivity contribution in [3.05, 3.63) is 64.8 Å². The molecule has 0 amide bonds. The Bertz CT molecular complexity index is 811. The minimum absolute atomic E-state index is 0.473. The fraction of sp³-hybridized carbons (Fsp3) is 0.0625. The standard InChI is InChI=1S/C16H13Cl2N5/c1-23(12-5-3-2-4-6-12)16-21-15(10-19-22-16)20-11-7-8-13(17)14(18)9-11/h2-10H,1H3,(H,20,21,22). The highest BCUT2D eigenvalue weighted by atomic mass is 35.5. The predicted molar refractivity (Wildman–Crippen MR) is 94.1 cm³/mol. The van der Waals surface area contributed by atoms with Gasteiger partial charge in [0, 0.05) is 18.4 Å². The maximum Gasteiger partial charge on any atom is 0.251 e. The van der Waals surface area contributed by atoms with Crippen molar-refractivity contribution < 1.29 is 0 Å². The first-order valence-electron chi connectivity index (χ1n) is 6.84. The number of hydrogen-bond acceptors (Lipinski definition) is 5. The predicted octanol–water partition coefficient (Wildman–Crippen LogP) is 4.69. The van der Waals surface area contributed by atoms with Crippen LogP contribution in [0.15, 0.2) is 54.7 Å². The number of rotatable bonds is 4. The van der Waals surface area contributed by atoms with Crippen molar-refractivity contribution in [2.75, 3.05) is 17.3 Å². The summed E-state index contributed by atoms with van der Waals surface area (Å²) >= 11 is 11.9. The Kier molecular flexibility index (Phi) is 4.60. The lowest BCUT2D eigenvalue weighted by Gasteiger charge is -2.17. The molecule has 1 aromatic heterocycles. The largest absolute Gasteiger partial charge is 0.339 e. The van der Waals surface area contributed by atoms with Crippen molar-refractivity contribution >= 4 is 46.3 Å². The van der Waals surface area contributed by atoms with Crippen molar-refractivity contribution in [1.29, 1.82) is 0 Å². The van der Waals surface area contributed by atoms with Crippen molar-refractivity contribution in [1.82, 2.24) is 15.2 Å². The number of nitrogens with one attached hydrogen (secondary N) is 1. The molecule has 0 bridgehead atoms. The first-order chi connectivity index (χ1) is 11.1. The highest BCUT2D eigenvalue weighted by molar-refractivity contribution is 6.42. The van der Waals surface area contributed by atoms with Gasteiger partial charge in [-0.05, 0) is 30.3 Å². The van der Waals surface area contributed by atoms with Gasteiger partial charge >= 0.3 is 0 Å². The fourth-order valence-electron chi connectivity index (χ4n) is 1.99. The summed E-state index contributed by atoms with van der Waals surface area (Å²) in [4.78, 5) is 6.32.